The Balaban J connectivity index is 0.000000574. The van der Waals surface area contributed by atoms with Crippen LogP contribution in [0.3, 0.4) is 0 Å². The van der Waals surface area contributed by atoms with E-state index in [4.69, 9.17) is 42.7 Å². The summed E-state index contributed by atoms with van der Waals surface area (Å²) in [5.41, 5.74) is 26.6. The van der Waals surface area contributed by atoms with Gasteiger partial charge in [-0.25, -0.2) is 9.59 Å². The van der Waals surface area contributed by atoms with Gasteiger partial charge in [0, 0.05) is 12.6 Å². The smallest absolute Gasteiger partial charge is 0.475 e. The number of rotatable bonds is 6. The third kappa shape index (κ3) is 13.1. The molecule has 0 radical (unpaired) electrons. The highest BCUT2D eigenvalue weighted by Crippen LogP contribution is 2.26. The molecule has 44 heavy (non-hydrogen) atoms. The largest absolute Gasteiger partial charge is 0.490 e. The van der Waals surface area contributed by atoms with E-state index in [0.717, 1.165) is 33.6 Å². The van der Waals surface area contributed by atoms with Crippen LogP contribution in [0.2, 0.25) is 0 Å². The minimum atomic E-state index is -5.08. The molecule has 0 spiro atoms. The summed E-state index contributed by atoms with van der Waals surface area (Å²) in [5, 5.41) is 33.6. The number of guanidine groups is 2. The van der Waals surface area contributed by atoms with E-state index in [2.05, 4.69) is 25.5 Å². The maximum Gasteiger partial charge on any atom is 0.490 e. The van der Waals surface area contributed by atoms with E-state index in [-0.39, 0.29) is 11.9 Å². The molecule has 0 aliphatic rings. The Morgan fingerprint density at radius 3 is 1.39 bits per heavy atom. The molecule has 0 bridgehead atoms. The fourth-order valence-electron chi connectivity index (χ4n) is 2.68. The zero-order chi connectivity index (χ0) is 33.7. The van der Waals surface area contributed by atoms with Gasteiger partial charge in [0.1, 0.15) is 0 Å². The molecule has 0 amide bonds. The summed E-state index contributed by atoms with van der Waals surface area (Å²) in [4.78, 5) is 17.8. The molecule has 0 fully saturated rings. The quantitative estimate of drug-likeness (QED) is 0.101. The highest BCUT2D eigenvalue weighted by Gasteiger charge is 2.38. The maximum absolute atomic E-state index is 10.6. The molecule has 0 aliphatic heterocycles. The number of nitrogens with two attached hydrogens (primary N) is 4. The lowest BCUT2D eigenvalue weighted by Crippen LogP contribution is -2.21. The van der Waals surface area contributed by atoms with Crippen molar-refractivity contribution in [2.45, 2.75) is 12.4 Å². The van der Waals surface area contributed by atoms with Crippen LogP contribution in [-0.2, 0) is 16.6 Å². The monoisotopic (exact) mass is 630 g/mol. The number of aliphatic carboxylic acids is 2. The molecule has 10 N–H and O–H groups in total. The fourth-order valence-corrected chi connectivity index (χ4v) is 2.68. The number of carbonyl (C=O) groups is 2. The van der Waals surface area contributed by atoms with Crippen molar-refractivity contribution in [1.82, 2.24) is 9.78 Å². The molecule has 0 saturated carbocycles. The molecule has 1 heterocycles. The summed E-state index contributed by atoms with van der Waals surface area (Å²) in [7, 11) is 1.91. The second-order valence-corrected chi connectivity index (χ2v) is 7.93. The van der Waals surface area contributed by atoms with Gasteiger partial charge in [0.05, 0.1) is 23.8 Å². The summed E-state index contributed by atoms with van der Waals surface area (Å²) in [5.74, 6) is -5.68. The van der Waals surface area contributed by atoms with Gasteiger partial charge in [-0.05, 0) is 22.8 Å². The normalized spacial score (nSPS) is 11.2. The van der Waals surface area contributed by atoms with E-state index in [1.807, 2.05) is 66.3 Å². The molecule has 20 heteroatoms. The van der Waals surface area contributed by atoms with Crippen molar-refractivity contribution in [2.75, 3.05) is 0 Å². The average molecular weight is 631 g/mol. The third-order valence-electron chi connectivity index (χ3n) is 4.54. The predicted octanol–water partition coefficient (Wildman–Crippen LogP) is 2.24. The van der Waals surface area contributed by atoms with Crippen molar-refractivity contribution in [3.05, 3.63) is 65.7 Å². The molecule has 3 aromatic rings. The van der Waals surface area contributed by atoms with Crippen LogP contribution in [-0.4, -0.2) is 68.6 Å². The number of aryl methyl sites for hydroxylation is 1. The Kier molecular flexibility index (Phi) is 13.0. The molecule has 0 saturated heterocycles. The van der Waals surface area contributed by atoms with Crippen LogP contribution < -0.4 is 22.9 Å². The molecular formula is C24H24F6N10O4. The highest BCUT2D eigenvalue weighted by molar-refractivity contribution is 5.84. The second kappa shape index (κ2) is 15.9. The number of hydrogen-bond acceptors (Lipinski definition) is 7. The second-order valence-electron chi connectivity index (χ2n) is 7.93. The Morgan fingerprint density at radius 1 is 0.727 bits per heavy atom. The molecule has 1 aromatic heterocycles. The standard InChI is InChI=1S/C20H22N10.2C2HF3O2/c1-30-18(16-8-4-14(5-9-16)12-26-28-20(23)24)10-17(29-30)15-6-2-13(3-7-15)11-25-27-19(21)22;2*3-2(4,5)1(6)7/h2-12H,1H3,(H4,21,22,27)(H4,23,24,28);2*(H,6,7)/b25-11+,26-12+;;. The number of alkyl halides is 6. The molecule has 2 aromatic carbocycles. The Morgan fingerprint density at radius 2 is 1.07 bits per heavy atom. The number of halogens is 6. The van der Waals surface area contributed by atoms with E-state index in [1.54, 1.807) is 12.4 Å². The summed E-state index contributed by atoms with van der Waals surface area (Å²) in [6.07, 6.45) is -7.01. The summed E-state index contributed by atoms with van der Waals surface area (Å²) in [6, 6.07) is 17.6. The number of carboxylic acid groups (broad SMARTS) is 2. The van der Waals surface area contributed by atoms with Gasteiger partial charge in [-0.2, -0.15) is 41.6 Å². The van der Waals surface area contributed by atoms with Crippen LogP contribution in [0, 0.1) is 0 Å². The van der Waals surface area contributed by atoms with Crippen molar-refractivity contribution in [3.63, 3.8) is 0 Å². The van der Waals surface area contributed by atoms with Gasteiger partial charge in [0.2, 0.25) is 11.9 Å². The average Bonchev–Trinajstić information content (AvgIpc) is 3.30. The topological polar surface area (TPSA) is 246 Å². The molecule has 3 rings (SSSR count). The molecule has 0 aliphatic carbocycles. The van der Waals surface area contributed by atoms with Crippen molar-refractivity contribution in [2.24, 2.45) is 50.4 Å². The number of carboxylic acids is 2. The van der Waals surface area contributed by atoms with Gasteiger partial charge in [-0.1, -0.05) is 48.5 Å². The van der Waals surface area contributed by atoms with Gasteiger partial charge in [0.25, 0.3) is 0 Å². The molecule has 0 unspecified atom stereocenters. The summed E-state index contributed by atoms with van der Waals surface area (Å²) >= 11 is 0. The van der Waals surface area contributed by atoms with Crippen molar-refractivity contribution in [3.8, 4) is 22.5 Å². The first-order chi connectivity index (χ1) is 20.3. The lowest BCUT2D eigenvalue weighted by atomic mass is 10.1. The van der Waals surface area contributed by atoms with Crippen LogP contribution >= 0.6 is 0 Å². The lowest BCUT2D eigenvalue weighted by Gasteiger charge is -2.01. The van der Waals surface area contributed by atoms with E-state index >= 15 is 0 Å². The van der Waals surface area contributed by atoms with Crippen molar-refractivity contribution >= 4 is 36.3 Å². The van der Waals surface area contributed by atoms with E-state index in [0.29, 0.717) is 0 Å². The highest BCUT2D eigenvalue weighted by atomic mass is 19.4. The minimum Gasteiger partial charge on any atom is -0.475 e. The van der Waals surface area contributed by atoms with E-state index in [1.165, 1.54) is 0 Å². The lowest BCUT2D eigenvalue weighted by molar-refractivity contribution is -0.193. The number of benzene rings is 2. The van der Waals surface area contributed by atoms with Crippen molar-refractivity contribution in [1.29, 1.82) is 0 Å². The zero-order valence-corrected chi connectivity index (χ0v) is 22.3. The SMILES string of the molecule is Cn1nc(-c2ccc(/C=N/N=C(N)N)cc2)cc1-c1ccc(/C=N/N=C(N)N)cc1.O=C(O)C(F)(F)F.O=C(O)C(F)(F)F. The zero-order valence-electron chi connectivity index (χ0n) is 22.3. The van der Waals surface area contributed by atoms with Gasteiger partial charge >= 0.3 is 24.3 Å². The Labute approximate surface area is 243 Å². The van der Waals surface area contributed by atoms with E-state index in [9.17, 15) is 26.3 Å². The molecular weight excluding hydrogens is 606 g/mol. The van der Waals surface area contributed by atoms with E-state index < -0.39 is 24.3 Å². The fraction of sp³-hybridized carbons (Fsp3) is 0.125. The minimum absolute atomic E-state index is 0.0839. The first-order valence-electron chi connectivity index (χ1n) is 11.4. The molecule has 14 nitrogen and oxygen atoms in total. The third-order valence-corrected chi connectivity index (χ3v) is 4.54. The first-order valence-corrected chi connectivity index (χ1v) is 11.4. The number of nitrogens with zero attached hydrogens (tertiary/aromatic N) is 6. The van der Waals surface area contributed by atoms with Gasteiger partial charge < -0.3 is 33.1 Å². The Hall–Kier alpha value is -5.95. The predicted molar refractivity (Wildman–Crippen MR) is 148 cm³/mol. The molecule has 0 atom stereocenters. The van der Waals surface area contributed by atoms with Gasteiger partial charge in [-0.15, -0.1) is 10.2 Å². The summed E-state index contributed by atoms with van der Waals surface area (Å²) < 4.78 is 65.3. The summed E-state index contributed by atoms with van der Waals surface area (Å²) in [6.45, 7) is 0. The van der Waals surface area contributed by atoms with Crippen LogP contribution in [0.15, 0.2) is 75.0 Å². The number of hydrogen-bond donors (Lipinski definition) is 6. The van der Waals surface area contributed by atoms with Gasteiger partial charge in [0.15, 0.2) is 0 Å². The van der Waals surface area contributed by atoms with Gasteiger partial charge in [-0.3, -0.25) is 4.68 Å². The van der Waals surface area contributed by atoms with Crippen LogP contribution in [0.5, 0.6) is 0 Å². The first kappa shape index (κ1) is 36.1. The van der Waals surface area contributed by atoms with Crippen molar-refractivity contribution < 1.29 is 46.1 Å². The Bertz CT molecular complexity index is 1500. The van der Waals surface area contributed by atoms with Crippen LogP contribution in [0.25, 0.3) is 22.5 Å². The van der Waals surface area contributed by atoms with Crippen LogP contribution in [0.1, 0.15) is 11.1 Å². The maximum atomic E-state index is 10.6. The van der Waals surface area contributed by atoms with Crippen LogP contribution in [0.4, 0.5) is 26.3 Å². The molecule has 236 valence electrons. The number of aromatic nitrogens is 2.